The average Bonchev–Trinajstić information content (AvgIpc) is 3.59. The third-order valence-corrected chi connectivity index (χ3v) is 9.70. The van der Waals surface area contributed by atoms with Gasteiger partial charge in [-0.25, -0.2) is 0 Å². The van der Waals surface area contributed by atoms with E-state index in [1.165, 1.54) is 0 Å². The molecule has 0 aromatic heterocycles. The molecule has 1 amide bonds. The van der Waals surface area contributed by atoms with Gasteiger partial charge in [0.25, 0.3) is 5.69 Å². The number of piperidine rings is 1. The number of nitrogens with zero attached hydrogens (tertiary/aromatic N) is 3. The van der Waals surface area contributed by atoms with Crippen LogP contribution < -0.4 is 0 Å². The summed E-state index contributed by atoms with van der Waals surface area (Å²) >= 11 is 0. The van der Waals surface area contributed by atoms with E-state index in [0.717, 1.165) is 44.0 Å². The van der Waals surface area contributed by atoms with Crippen molar-refractivity contribution in [2.75, 3.05) is 19.6 Å². The summed E-state index contributed by atoms with van der Waals surface area (Å²) in [7, 11) is 0. The van der Waals surface area contributed by atoms with E-state index in [-0.39, 0.29) is 72.9 Å². The van der Waals surface area contributed by atoms with Gasteiger partial charge in [-0.15, -0.1) is 0 Å². The molecule has 2 heterocycles. The summed E-state index contributed by atoms with van der Waals surface area (Å²) in [5, 5.41) is 11.5. The van der Waals surface area contributed by atoms with Crippen LogP contribution in [0.2, 0.25) is 0 Å². The van der Waals surface area contributed by atoms with Crippen molar-refractivity contribution in [3.8, 4) is 0 Å². The zero-order valence-electron chi connectivity index (χ0n) is 23.2. The Balaban J connectivity index is 1.06. The second-order valence-electron chi connectivity index (χ2n) is 12.3. The summed E-state index contributed by atoms with van der Waals surface area (Å²) in [6.45, 7) is 2.16. The number of benzene rings is 2. The Morgan fingerprint density at radius 3 is 2.57 bits per heavy atom. The zero-order valence-corrected chi connectivity index (χ0v) is 23.2. The predicted octanol–water partition coefficient (Wildman–Crippen LogP) is 5.37. The number of likely N-dealkylation sites (tertiary alicyclic amines) is 1. The highest BCUT2D eigenvalue weighted by molar-refractivity contribution is 5.79. The molecule has 5 unspecified atom stereocenters. The Labute approximate surface area is 242 Å². The molecule has 42 heavy (non-hydrogen) atoms. The number of carbonyl (C=O) groups is 2. The molecule has 2 aromatic carbocycles. The zero-order chi connectivity index (χ0) is 29.6. The van der Waals surface area contributed by atoms with Gasteiger partial charge in [-0.05, 0) is 67.6 Å². The lowest BCUT2D eigenvalue weighted by atomic mass is 9.92. The number of halogens is 3. The lowest BCUT2D eigenvalue weighted by molar-refractivity contribution is -0.385. The van der Waals surface area contributed by atoms with Crippen LogP contribution in [0.4, 0.5) is 18.9 Å². The fourth-order valence-corrected chi connectivity index (χ4v) is 7.68. The second kappa shape index (κ2) is 11.3. The van der Waals surface area contributed by atoms with Crippen molar-refractivity contribution in [3.05, 3.63) is 74.8 Å². The number of esters is 1. The molecule has 0 N–H and O–H groups in total. The molecule has 5 atom stereocenters. The number of amides is 1. The molecule has 11 heteroatoms. The monoisotopic (exact) mass is 585 g/mol. The third-order valence-electron chi connectivity index (χ3n) is 9.70. The molecular weight excluding hydrogens is 551 g/mol. The molecule has 2 aliphatic carbocycles. The van der Waals surface area contributed by atoms with Crippen molar-refractivity contribution < 1.29 is 32.4 Å². The Bertz CT molecular complexity index is 1370. The standard InChI is InChI=1S/C31H34F3N3O5/c32-31(33,34)24-12-23-16-35(9-8-26(23)28(14-24)37(40)41)29(38)21-6-7-25(13-21)36-15-20-10-22(17-36)27(11-20)30(39)42-18-19-4-2-1-3-5-19/h1-5,12,14,20-22,25,27H,6-11,13,15-18H2. The minimum absolute atomic E-state index is 0.0548. The van der Waals surface area contributed by atoms with Crippen LogP contribution in [-0.4, -0.2) is 52.3 Å². The summed E-state index contributed by atoms with van der Waals surface area (Å²) in [5.74, 6) is 0.0895. The molecule has 6 rings (SSSR count). The van der Waals surface area contributed by atoms with E-state index in [1.54, 1.807) is 4.90 Å². The summed E-state index contributed by atoms with van der Waals surface area (Å²) in [4.78, 5) is 41.2. The van der Waals surface area contributed by atoms with Gasteiger partial charge in [0.1, 0.15) is 6.61 Å². The van der Waals surface area contributed by atoms with E-state index in [1.807, 2.05) is 30.3 Å². The molecule has 2 aromatic rings. The van der Waals surface area contributed by atoms with E-state index in [9.17, 15) is 32.9 Å². The largest absolute Gasteiger partial charge is 0.461 e. The quantitative estimate of drug-likeness (QED) is 0.257. The lowest BCUT2D eigenvalue weighted by Gasteiger charge is -2.37. The summed E-state index contributed by atoms with van der Waals surface area (Å²) in [5.41, 5.74) is -0.156. The van der Waals surface area contributed by atoms with Crippen LogP contribution in [-0.2, 0) is 40.1 Å². The van der Waals surface area contributed by atoms with Crippen LogP contribution in [0.1, 0.15) is 54.4 Å². The number of nitro groups is 1. The number of alkyl halides is 3. The van der Waals surface area contributed by atoms with Gasteiger partial charge in [0.15, 0.2) is 0 Å². The fourth-order valence-electron chi connectivity index (χ4n) is 7.68. The van der Waals surface area contributed by atoms with Gasteiger partial charge in [0, 0.05) is 49.8 Å². The molecule has 8 nitrogen and oxygen atoms in total. The van der Waals surface area contributed by atoms with Crippen molar-refractivity contribution in [2.45, 2.75) is 63.9 Å². The summed E-state index contributed by atoms with van der Waals surface area (Å²) < 4.78 is 45.9. The van der Waals surface area contributed by atoms with Crippen LogP contribution >= 0.6 is 0 Å². The van der Waals surface area contributed by atoms with Crippen molar-refractivity contribution in [1.82, 2.24) is 9.80 Å². The second-order valence-corrected chi connectivity index (χ2v) is 12.3. The molecule has 2 saturated carbocycles. The minimum atomic E-state index is -4.71. The highest BCUT2D eigenvalue weighted by Gasteiger charge is 2.47. The first-order valence-electron chi connectivity index (χ1n) is 14.7. The molecule has 1 saturated heterocycles. The number of fused-ring (bicyclic) bond motifs is 3. The third kappa shape index (κ3) is 5.75. The van der Waals surface area contributed by atoms with Gasteiger partial charge in [0.2, 0.25) is 5.91 Å². The van der Waals surface area contributed by atoms with Crippen molar-refractivity contribution in [2.24, 2.45) is 23.7 Å². The van der Waals surface area contributed by atoms with Gasteiger partial charge in [-0.1, -0.05) is 30.3 Å². The van der Waals surface area contributed by atoms with Gasteiger partial charge in [-0.3, -0.25) is 24.6 Å². The van der Waals surface area contributed by atoms with Gasteiger partial charge in [0.05, 0.1) is 16.4 Å². The topological polar surface area (TPSA) is 93.0 Å². The van der Waals surface area contributed by atoms with Gasteiger partial charge >= 0.3 is 12.1 Å². The molecule has 0 spiro atoms. The number of hydrogen-bond acceptors (Lipinski definition) is 6. The van der Waals surface area contributed by atoms with Crippen LogP contribution in [0.15, 0.2) is 42.5 Å². The molecule has 3 fully saturated rings. The smallest absolute Gasteiger partial charge is 0.416 e. The van der Waals surface area contributed by atoms with Crippen molar-refractivity contribution in [3.63, 3.8) is 0 Å². The number of ether oxygens (including phenoxy) is 1. The van der Waals surface area contributed by atoms with E-state index in [4.69, 9.17) is 4.74 Å². The Morgan fingerprint density at radius 1 is 1.05 bits per heavy atom. The first-order valence-corrected chi connectivity index (χ1v) is 14.7. The van der Waals surface area contributed by atoms with Gasteiger partial charge in [-0.2, -0.15) is 13.2 Å². The Morgan fingerprint density at radius 2 is 1.83 bits per heavy atom. The molecule has 224 valence electrons. The van der Waals surface area contributed by atoms with E-state index in [0.29, 0.717) is 24.8 Å². The van der Waals surface area contributed by atoms with Crippen LogP contribution in [0.3, 0.4) is 0 Å². The fraction of sp³-hybridized carbons (Fsp3) is 0.548. The maximum Gasteiger partial charge on any atom is 0.416 e. The van der Waals surface area contributed by atoms with E-state index in [2.05, 4.69) is 4.90 Å². The summed E-state index contributed by atoms with van der Waals surface area (Å²) in [6, 6.07) is 11.4. The molecule has 2 bridgehead atoms. The number of nitro benzene ring substituents is 1. The number of rotatable bonds is 6. The summed E-state index contributed by atoms with van der Waals surface area (Å²) in [6.07, 6.45) is -0.497. The molecular formula is C31H34F3N3O5. The number of hydrogen-bond donors (Lipinski definition) is 0. The SMILES string of the molecule is O=C(OCc1ccccc1)C1CC2CC1CN(C1CCC(C(=O)N3CCc4c(cc(C(F)(F)F)cc4[N+](=O)[O-])C3)C1)C2. The molecule has 4 aliphatic rings. The van der Waals surface area contributed by atoms with E-state index >= 15 is 0 Å². The maximum atomic E-state index is 13.5. The lowest BCUT2D eigenvalue weighted by Crippen LogP contribution is -2.44. The Hall–Kier alpha value is -3.47. The van der Waals surface area contributed by atoms with Crippen LogP contribution in [0.5, 0.6) is 0 Å². The predicted molar refractivity (Wildman–Crippen MR) is 146 cm³/mol. The maximum absolute atomic E-state index is 13.5. The van der Waals surface area contributed by atoms with Crippen molar-refractivity contribution in [1.29, 1.82) is 0 Å². The normalized spacial score (nSPS) is 27.5. The van der Waals surface area contributed by atoms with Crippen LogP contribution in [0, 0.1) is 33.8 Å². The van der Waals surface area contributed by atoms with Crippen LogP contribution in [0.25, 0.3) is 0 Å². The average molecular weight is 586 g/mol. The first-order chi connectivity index (χ1) is 20.1. The minimum Gasteiger partial charge on any atom is -0.461 e. The van der Waals surface area contributed by atoms with Gasteiger partial charge < -0.3 is 9.64 Å². The highest BCUT2D eigenvalue weighted by atomic mass is 19.4. The van der Waals surface area contributed by atoms with Crippen molar-refractivity contribution >= 4 is 17.6 Å². The highest BCUT2D eigenvalue weighted by Crippen LogP contribution is 2.45. The van der Waals surface area contributed by atoms with E-state index < -0.39 is 22.4 Å². The number of carbonyl (C=O) groups excluding carboxylic acids is 2. The molecule has 0 radical (unpaired) electrons. The first kappa shape index (κ1) is 28.6. The molecule has 2 aliphatic heterocycles. The Kier molecular flexibility index (Phi) is 7.72.